The fourth-order valence-corrected chi connectivity index (χ4v) is 2.30. The summed E-state index contributed by atoms with van der Waals surface area (Å²) in [6.07, 6.45) is 1.58. The van der Waals surface area contributed by atoms with E-state index in [0.717, 1.165) is 0 Å². The summed E-state index contributed by atoms with van der Waals surface area (Å²) in [5.41, 5.74) is 0.654. The van der Waals surface area contributed by atoms with Crippen molar-refractivity contribution in [2.75, 3.05) is 0 Å². The molecule has 2 rings (SSSR count). The molecule has 0 unspecified atom stereocenters. The number of halogens is 1. The van der Waals surface area contributed by atoms with Gasteiger partial charge in [-0.2, -0.15) is 5.10 Å². The van der Waals surface area contributed by atoms with Crippen LogP contribution in [0.5, 0.6) is 0 Å². The monoisotopic (exact) mass is 261 g/mol. The van der Waals surface area contributed by atoms with E-state index >= 15 is 0 Å². The Labute approximate surface area is 96.1 Å². The number of aryl methyl sites for hydroxylation is 1. The minimum absolute atomic E-state index is 0.287. The molecule has 2 heterocycles. The second-order valence-corrected chi connectivity index (χ2v) is 5.60. The van der Waals surface area contributed by atoms with E-state index in [-0.39, 0.29) is 5.16 Å². The third kappa shape index (κ3) is 1.69. The second kappa shape index (κ2) is 3.56. The van der Waals surface area contributed by atoms with Crippen molar-refractivity contribution in [1.29, 1.82) is 0 Å². The standard InChI is InChI=1S/C7H8ClN5O2S/c1-12-6(5-3-4-9-13(5)2)10-11-7(12)16(8,14)15/h3-4H,1-2H3. The van der Waals surface area contributed by atoms with E-state index < -0.39 is 9.05 Å². The Morgan fingerprint density at radius 3 is 2.44 bits per heavy atom. The molecule has 0 saturated carbocycles. The number of nitrogens with zero attached hydrogens (tertiary/aromatic N) is 5. The lowest BCUT2D eigenvalue weighted by molar-refractivity contribution is 0.592. The lowest BCUT2D eigenvalue weighted by atomic mass is 10.4. The molecule has 0 aromatic carbocycles. The van der Waals surface area contributed by atoms with Crippen molar-refractivity contribution >= 4 is 19.7 Å². The molecule has 0 radical (unpaired) electrons. The van der Waals surface area contributed by atoms with E-state index in [2.05, 4.69) is 15.3 Å². The number of rotatable bonds is 2. The quantitative estimate of drug-likeness (QED) is 0.719. The van der Waals surface area contributed by atoms with Crippen molar-refractivity contribution in [3.05, 3.63) is 12.3 Å². The summed E-state index contributed by atoms with van der Waals surface area (Å²) in [7, 11) is 4.57. The number of aromatic nitrogens is 5. The highest BCUT2D eigenvalue weighted by Crippen LogP contribution is 2.19. The predicted molar refractivity (Wildman–Crippen MR) is 56.2 cm³/mol. The van der Waals surface area contributed by atoms with Crippen molar-refractivity contribution in [2.24, 2.45) is 14.1 Å². The van der Waals surface area contributed by atoms with Crippen LogP contribution < -0.4 is 0 Å². The van der Waals surface area contributed by atoms with Crippen LogP contribution in [0.2, 0.25) is 0 Å². The average Bonchev–Trinajstić information content (AvgIpc) is 2.70. The van der Waals surface area contributed by atoms with Gasteiger partial charge in [0.25, 0.3) is 14.2 Å². The molecular formula is C7H8ClN5O2S. The maximum Gasteiger partial charge on any atom is 0.296 e. The first-order chi connectivity index (χ1) is 7.41. The number of hydrogen-bond acceptors (Lipinski definition) is 5. The Morgan fingerprint density at radius 2 is 2.00 bits per heavy atom. The van der Waals surface area contributed by atoms with Gasteiger partial charge in [-0.05, 0) is 6.07 Å². The summed E-state index contributed by atoms with van der Waals surface area (Å²) >= 11 is 0. The average molecular weight is 262 g/mol. The molecule has 0 aliphatic carbocycles. The molecule has 86 valence electrons. The SMILES string of the molecule is Cn1nccc1-c1nnc(S(=O)(=O)Cl)n1C. The molecule has 0 spiro atoms. The first-order valence-corrected chi connectivity index (χ1v) is 6.54. The first kappa shape index (κ1) is 11.1. The molecule has 0 aliphatic rings. The van der Waals surface area contributed by atoms with Crippen molar-refractivity contribution in [3.8, 4) is 11.5 Å². The van der Waals surface area contributed by atoms with Gasteiger partial charge in [-0.1, -0.05) is 0 Å². The van der Waals surface area contributed by atoms with Gasteiger partial charge < -0.3 is 0 Å². The molecule has 2 aromatic heterocycles. The van der Waals surface area contributed by atoms with Gasteiger partial charge >= 0.3 is 0 Å². The van der Waals surface area contributed by atoms with Crippen molar-refractivity contribution in [3.63, 3.8) is 0 Å². The lowest BCUT2D eigenvalue weighted by Gasteiger charge is -2.01. The predicted octanol–water partition coefficient (Wildman–Crippen LogP) is 0.143. The lowest BCUT2D eigenvalue weighted by Crippen LogP contribution is -2.04. The van der Waals surface area contributed by atoms with E-state index in [1.54, 1.807) is 24.0 Å². The van der Waals surface area contributed by atoms with Gasteiger partial charge in [-0.15, -0.1) is 10.2 Å². The fraction of sp³-hybridized carbons (Fsp3) is 0.286. The van der Waals surface area contributed by atoms with Crippen LogP contribution in [0.1, 0.15) is 0 Å². The van der Waals surface area contributed by atoms with Gasteiger partial charge in [0.1, 0.15) is 5.69 Å². The molecular weight excluding hydrogens is 254 g/mol. The summed E-state index contributed by atoms with van der Waals surface area (Å²) in [6, 6.07) is 1.70. The Balaban J connectivity index is 2.63. The van der Waals surface area contributed by atoms with E-state index in [4.69, 9.17) is 10.7 Å². The molecule has 2 aromatic rings. The van der Waals surface area contributed by atoms with Crippen LogP contribution in [0.15, 0.2) is 17.4 Å². The highest BCUT2D eigenvalue weighted by Gasteiger charge is 2.21. The summed E-state index contributed by atoms with van der Waals surface area (Å²) < 4.78 is 25.2. The minimum Gasteiger partial charge on any atom is -0.299 e. The first-order valence-electron chi connectivity index (χ1n) is 4.23. The third-order valence-electron chi connectivity index (χ3n) is 2.10. The van der Waals surface area contributed by atoms with Crippen LogP contribution in [-0.4, -0.2) is 33.0 Å². The summed E-state index contributed by atoms with van der Waals surface area (Å²) in [5.74, 6) is 0.388. The summed E-state index contributed by atoms with van der Waals surface area (Å²) in [4.78, 5) is 0. The molecule has 16 heavy (non-hydrogen) atoms. The molecule has 0 saturated heterocycles. The fourth-order valence-electron chi connectivity index (χ4n) is 1.34. The summed E-state index contributed by atoms with van der Waals surface area (Å²) in [5, 5.41) is 11.0. The Bertz CT molecular complexity index is 629. The Kier molecular flexibility index (Phi) is 2.47. The molecule has 0 N–H and O–H groups in total. The topological polar surface area (TPSA) is 82.7 Å². The van der Waals surface area contributed by atoms with Gasteiger partial charge in [0, 0.05) is 31.0 Å². The maximum absolute atomic E-state index is 11.1. The second-order valence-electron chi connectivity index (χ2n) is 3.14. The van der Waals surface area contributed by atoms with Gasteiger partial charge in [-0.25, -0.2) is 8.42 Å². The molecule has 0 fully saturated rings. The molecule has 0 amide bonds. The van der Waals surface area contributed by atoms with Crippen molar-refractivity contribution < 1.29 is 8.42 Å². The third-order valence-corrected chi connectivity index (χ3v) is 3.31. The van der Waals surface area contributed by atoms with E-state index in [1.807, 2.05) is 0 Å². The van der Waals surface area contributed by atoms with Crippen LogP contribution in [0.25, 0.3) is 11.5 Å². The molecule has 7 nitrogen and oxygen atoms in total. The highest BCUT2D eigenvalue weighted by molar-refractivity contribution is 8.13. The largest absolute Gasteiger partial charge is 0.299 e. The van der Waals surface area contributed by atoms with Gasteiger partial charge in [0.05, 0.1) is 0 Å². The van der Waals surface area contributed by atoms with Gasteiger partial charge in [0.15, 0.2) is 5.82 Å². The molecule has 0 aliphatic heterocycles. The molecule has 9 heteroatoms. The van der Waals surface area contributed by atoms with Crippen molar-refractivity contribution in [1.82, 2.24) is 24.5 Å². The summed E-state index contributed by atoms with van der Waals surface area (Å²) in [6.45, 7) is 0. The molecule has 0 atom stereocenters. The maximum atomic E-state index is 11.1. The molecule has 0 bridgehead atoms. The zero-order chi connectivity index (χ0) is 11.9. The normalized spacial score (nSPS) is 11.9. The Morgan fingerprint density at radius 1 is 1.31 bits per heavy atom. The van der Waals surface area contributed by atoms with Gasteiger partial charge in [0.2, 0.25) is 0 Å². The highest BCUT2D eigenvalue weighted by atomic mass is 35.7. The van der Waals surface area contributed by atoms with Gasteiger partial charge in [-0.3, -0.25) is 9.25 Å². The minimum atomic E-state index is -3.88. The van der Waals surface area contributed by atoms with Crippen molar-refractivity contribution in [2.45, 2.75) is 5.16 Å². The van der Waals surface area contributed by atoms with Crippen LogP contribution in [-0.2, 0) is 23.1 Å². The smallest absolute Gasteiger partial charge is 0.296 e. The van der Waals surface area contributed by atoms with E-state index in [1.165, 1.54) is 11.6 Å². The van der Waals surface area contributed by atoms with Crippen LogP contribution in [0.4, 0.5) is 0 Å². The zero-order valence-electron chi connectivity index (χ0n) is 8.49. The van der Waals surface area contributed by atoms with Crippen LogP contribution in [0, 0.1) is 0 Å². The Hall–Kier alpha value is -1.41. The van der Waals surface area contributed by atoms with Crippen LogP contribution in [0.3, 0.4) is 0 Å². The van der Waals surface area contributed by atoms with E-state index in [0.29, 0.717) is 11.5 Å². The van der Waals surface area contributed by atoms with E-state index in [9.17, 15) is 8.42 Å². The zero-order valence-corrected chi connectivity index (χ0v) is 10.1. The van der Waals surface area contributed by atoms with Crippen LogP contribution >= 0.6 is 10.7 Å². The number of hydrogen-bond donors (Lipinski definition) is 0.